The molecule has 0 aliphatic carbocycles. The van der Waals surface area contributed by atoms with Crippen molar-refractivity contribution in [2.45, 2.75) is 24.9 Å². The molecule has 2 aliphatic heterocycles. The fourth-order valence-electron chi connectivity index (χ4n) is 5.97. The Morgan fingerprint density at radius 1 is 0.927 bits per heavy atom. The zero-order chi connectivity index (χ0) is 28.1. The topological polar surface area (TPSA) is 107 Å². The summed E-state index contributed by atoms with van der Waals surface area (Å²) in [6.45, 7) is 1.92. The molecule has 1 N–H and O–H groups in total. The fraction of sp³-hybridized carbons (Fsp3) is 0.290. The van der Waals surface area contributed by atoms with Crippen LogP contribution < -0.4 is 35.3 Å². The van der Waals surface area contributed by atoms with Crippen LogP contribution in [0.5, 0.6) is 17.4 Å². The third kappa shape index (κ3) is 4.22. The molecule has 1 fully saturated rings. The van der Waals surface area contributed by atoms with E-state index in [0.717, 1.165) is 52.3 Å². The Morgan fingerprint density at radius 2 is 1.73 bits per heavy atom. The molecule has 41 heavy (non-hydrogen) atoms. The summed E-state index contributed by atoms with van der Waals surface area (Å²) in [5, 5.41) is 8.40. The van der Waals surface area contributed by atoms with Gasteiger partial charge in [-0.3, -0.25) is 9.59 Å². The van der Waals surface area contributed by atoms with E-state index in [0.29, 0.717) is 31.3 Å². The van der Waals surface area contributed by atoms with Crippen molar-refractivity contribution in [1.29, 1.82) is 0 Å². The summed E-state index contributed by atoms with van der Waals surface area (Å²) in [6.07, 6.45) is 1.70. The zero-order valence-electron chi connectivity index (χ0n) is 22.8. The molecule has 1 atom stereocenters. The summed E-state index contributed by atoms with van der Waals surface area (Å²) >= 11 is 0. The zero-order valence-corrected chi connectivity index (χ0v) is 22.8. The molecule has 3 aromatic carbocycles. The molecule has 0 radical (unpaired) electrons. The maximum absolute atomic E-state index is 12.1. The molecule has 0 bridgehead atoms. The van der Waals surface area contributed by atoms with Gasteiger partial charge in [0.25, 0.3) is 10.9 Å². The smallest absolute Gasteiger partial charge is 0.272 e. The first-order valence-electron chi connectivity index (χ1n) is 13.7. The summed E-state index contributed by atoms with van der Waals surface area (Å²) in [6, 6.07) is 20.4. The Kier molecular flexibility index (Phi) is 6.19. The number of hydrogen-bond acceptors (Lipinski definition) is 9. The van der Waals surface area contributed by atoms with Crippen LogP contribution in [0.15, 0.2) is 70.3 Å². The van der Waals surface area contributed by atoms with Gasteiger partial charge in [-0.2, -0.15) is 0 Å². The van der Waals surface area contributed by atoms with Gasteiger partial charge in [-0.15, -0.1) is 5.10 Å². The summed E-state index contributed by atoms with van der Waals surface area (Å²) in [7, 11) is 3.04. The van der Waals surface area contributed by atoms with Gasteiger partial charge in [0, 0.05) is 41.9 Å². The van der Waals surface area contributed by atoms with Crippen molar-refractivity contribution in [3.8, 4) is 39.9 Å². The summed E-state index contributed by atoms with van der Waals surface area (Å²) in [5.74, 6) is 1.54. The third-order valence-corrected chi connectivity index (χ3v) is 8.07. The highest BCUT2D eigenvalue weighted by Gasteiger charge is 2.32. The van der Waals surface area contributed by atoms with Crippen molar-refractivity contribution < 1.29 is 14.2 Å². The van der Waals surface area contributed by atoms with E-state index < -0.39 is 10.9 Å². The second-order valence-corrected chi connectivity index (χ2v) is 10.4. The van der Waals surface area contributed by atoms with E-state index in [1.165, 1.54) is 7.11 Å². The minimum Gasteiger partial charge on any atom is -0.491 e. The Labute approximate surface area is 235 Å². The summed E-state index contributed by atoms with van der Waals surface area (Å²) in [4.78, 5) is 30.7. The van der Waals surface area contributed by atoms with Crippen LogP contribution in [-0.4, -0.2) is 54.6 Å². The van der Waals surface area contributed by atoms with Gasteiger partial charge < -0.3 is 24.4 Å². The molecular formula is C31H29N5O5. The number of nitrogens with zero attached hydrogens (tertiary/aromatic N) is 4. The molecule has 7 rings (SSSR count). The summed E-state index contributed by atoms with van der Waals surface area (Å²) in [5.41, 5.74) is 4.95. The lowest BCUT2D eigenvalue weighted by atomic mass is 9.98. The quantitative estimate of drug-likeness (QED) is 0.305. The lowest BCUT2D eigenvalue weighted by Crippen LogP contribution is -2.48. The number of ether oxygens (including phenoxy) is 3. The highest BCUT2D eigenvalue weighted by Crippen LogP contribution is 2.39. The Balaban J connectivity index is 1.12. The highest BCUT2D eigenvalue weighted by molar-refractivity contribution is 5.82. The van der Waals surface area contributed by atoms with E-state index in [-0.39, 0.29) is 17.8 Å². The molecular weight excluding hydrogens is 522 g/mol. The van der Waals surface area contributed by atoms with Crippen LogP contribution in [-0.2, 0) is 0 Å². The van der Waals surface area contributed by atoms with Gasteiger partial charge in [0.15, 0.2) is 11.4 Å². The van der Waals surface area contributed by atoms with Gasteiger partial charge in [0.2, 0.25) is 5.88 Å². The Hall–Kier alpha value is -4.70. The van der Waals surface area contributed by atoms with Gasteiger partial charge in [-0.05, 0) is 25.0 Å². The number of aromatic nitrogens is 3. The van der Waals surface area contributed by atoms with Crippen molar-refractivity contribution >= 4 is 11.3 Å². The standard InChI is InChI=1S/C31H29N5O5/c1-39-25-11-10-24-33-26(27(36(24)34-25)18-6-4-3-5-7-18)19-8-9-21-22(17-41-23(21)16-19)32-20-12-14-35(15-13-20)28-29(37)30(38)31(28)40-2/h3-11,16,20,22,32H,12-15,17H2,1-2H3. The van der Waals surface area contributed by atoms with E-state index in [1.807, 2.05) is 39.7 Å². The van der Waals surface area contributed by atoms with Gasteiger partial charge in [-0.1, -0.05) is 42.5 Å². The van der Waals surface area contributed by atoms with Crippen molar-refractivity contribution in [3.05, 3.63) is 86.7 Å². The molecule has 1 unspecified atom stereocenters. The van der Waals surface area contributed by atoms with E-state index in [4.69, 9.17) is 19.2 Å². The van der Waals surface area contributed by atoms with Crippen LogP contribution in [0.3, 0.4) is 0 Å². The van der Waals surface area contributed by atoms with Crippen molar-refractivity contribution in [1.82, 2.24) is 19.9 Å². The fourth-order valence-corrected chi connectivity index (χ4v) is 5.97. The molecule has 1 saturated heterocycles. The number of piperidine rings is 1. The largest absolute Gasteiger partial charge is 0.491 e. The van der Waals surface area contributed by atoms with Gasteiger partial charge in [0.1, 0.15) is 23.7 Å². The molecule has 2 aromatic heterocycles. The normalized spacial score (nSPS) is 17.1. The molecule has 5 aromatic rings. The lowest BCUT2D eigenvalue weighted by Gasteiger charge is -2.35. The number of methoxy groups -OCH3 is 2. The number of anilines is 1. The van der Waals surface area contributed by atoms with Crippen molar-refractivity contribution in [2.24, 2.45) is 0 Å². The van der Waals surface area contributed by atoms with Crippen LogP contribution in [0.1, 0.15) is 24.4 Å². The molecule has 4 heterocycles. The second kappa shape index (κ2) is 10.0. The van der Waals surface area contributed by atoms with Crippen LogP contribution in [0, 0.1) is 0 Å². The number of fused-ring (bicyclic) bond motifs is 2. The number of nitrogens with one attached hydrogen (secondary N) is 1. The Bertz CT molecular complexity index is 1820. The molecule has 10 nitrogen and oxygen atoms in total. The second-order valence-electron chi connectivity index (χ2n) is 10.4. The maximum Gasteiger partial charge on any atom is 0.272 e. The molecule has 2 aliphatic rings. The first-order valence-corrected chi connectivity index (χ1v) is 13.7. The van der Waals surface area contributed by atoms with Crippen LogP contribution in [0.4, 0.5) is 5.69 Å². The first kappa shape index (κ1) is 25.3. The average Bonchev–Trinajstić information content (AvgIpc) is 3.60. The molecule has 0 spiro atoms. The number of rotatable bonds is 7. The highest BCUT2D eigenvalue weighted by atomic mass is 16.5. The van der Waals surface area contributed by atoms with Gasteiger partial charge in [0.05, 0.1) is 26.0 Å². The Morgan fingerprint density at radius 3 is 2.49 bits per heavy atom. The van der Waals surface area contributed by atoms with Crippen molar-refractivity contribution in [3.63, 3.8) is 0 Å². The minimum atomic E-state index is -0.530. The lowest BCUT2D eigenvalue weighted by molar-refractivity contribution is 0.283. The van der Waals surface area contributed by atoms with Crippen LogP contribution >= 0.6 is 0 Å². The van der Waals surface area contributed by atoms with Crippen molar-refractivity contribution in [2.75, 3.05) is 38.8 Å². The third-order valence-electron chi connectivity index (χ3n) is 8.07. The van der Waals surface area contributed by atoms with Crippen LogP contribution in [0.2, 0.25) is 0 Å². The first-order chi connectivity index (χ1) is 20.1. The van der Waals surface area contributed by atoms with E-state index in [1.54, 1.807) is 7.11 Å². The van der Waals surface area contributed by atoms with E-state index >= 15 is 0 Å². The van der Waals surface area contributed by atoms with E-state index in [9.17, 15) is 9.59 Å². The van der Waals surface area contributed by atoms with Gasteiger partial charge in [-0.25, -0.2) is 9.50 Å². The monoisotopic (exact) mass is 551 g/mol. The molecule has 208 valence electrons. The SMILES string of the molecule is COc1ccc2nc(-c3ccc4c(c3)OCC4NC3CCN(c4c(OC)c(=O)c4=O)CC3)c(-c3ccccc3)n2n1. The predicted molar refractivity (Wildman–Crippen MR) is 155 cm³/mol. The number of benzene rings is 2. The number of imidazole rings is 1. The molecule has 0 saturated carbocycles. The van der Waals surface area contributed by atoms with E-state index in [2.05, 4.69) is 40.7 Å². The number of hydrogen-bond donors (Lipinski definition) is 1. The van der Waals surface area contributed by atoms with Gasteiger partial charge >= 0.3 is 0 Å². The molecule has 0 amide bonds. The molecule has 10 heteroatoms. The summed E-state index contributed by atoms with van der Waals surface area (Å²) < 4.78 is 18.5. The van der Waals surface area contributed by atoms with Crippen LogP contribution in [0.25, 0.3) is 28.2 Å². The average molecular weight is 552 g/mol. The minimum absolute atomic E-state index is 0.0665. The maximum atomic E-state index is 12.1. The predicted octanol–water partition coefficient (Wildman–Crippen LogP) is 3.37.